The third kappa shape index (κ3) is 4.58. The summed E-state index contributed by atoms with van der Waals surface area (Å²) in [4.78, 5) is 29.1. The molecule has 0 aromatic carbocycles. The Morgan fingerprint density at radius 2 is 1.90 bits per heavy atom. The van der Waals surface area contributed by atoms with Gasteiger partial charge in [0.05, 0.1) is 5.69 Å². The summed E-state index contributed by atoms with van der Waals surface area (Å²) < 4.78 is 0. The van der Waals surface area contributed by atoms with Crippen LogP contribution in [0.4, 0.5) is 27.8 Å². The molecule has 8 heteroatoms. The molecular formula is C23H33N7O. The number of hydrogen-bond donors (Lipinski definition) is 2. The number of carbonyl (C=O) groups is 1. The molecule has 0 aliphatic carbocycles. The molecule has 0 radical (unpaired) electrons. The van der Waals surface area contributed by atoms with Crippen molar-refractivity contribution in [2.75, 3.05) is 54.2 Å². The van der Waals surface area contributed by atoms with E-state index in [0.717, 1.165) is 61.1 Å². The molecule has 2 aromatic rings. The molecule has 1 saturated heterocycles. The van der Waals surface area contributed by atoms with Crippen molar-refractivity contribution in [2.24, 2.45) is 0 Å². The predicted molar refractivity (Wildman–Crippen MR) is 126 cm³/mol. The Labute approximate surface area is 184 Å². The van der Waals surface area contributed by atoms with Crippen molar-refractivity contribution in [2.45, 2.75) is 45.7 Å². The second-order valence-electron chi connectivity index (χ2n) is 8.90. The van der Waals surface area contributed by atoms with E-state index in [1.807, 2.05) is 26.0 Å². The smallest absolute Gasteiger partial charge is 0.327 e. The second-order valence-corrected chi connectivity index (χ2v) is 8.90. The van der Waals surface area contributed by atoms with Crippen LogP contribution in [0.25, 0.3) is 0 Å². The molecular weight excluding hydrogens is 390 g/mol. The van der Waals surface area contributed by atoms with Crippen LogP contribution in [0.5, 0.6) is 0 Å². The highest BCUT2D eigenvalue weighted by Crippen LogP contribution is 2.33. The number of amides is 2. The Bertz CT molecular complexity index is 941. The molecule has 0 spiro atoms. The first-order valence-electron chi connectivity index (χ1n) is 11.0. The number of rotatable bonds is 3. The van der Waals surface area contributed by atoms with Gasteiger partial charge in [-0.1, -0.05) is 0 Å². The van der Waals surface area contributed by atoms with Crippen LogP contribution in [-0.2, 0) is 0 Å². The summed E-state index contributed by atoms with van der Waals surface area (Å²) in [6, 6.07) is 8.28. The average Bonchev–Trinajstić information content (AvgIpc) is 3.12. The van der Waals surface area contributed by atoms with Gasteiger partial charge in [0.15, 0.2) is 5.82 Å². The minimum absolute atomic E-state index is 0.0219. The van der Waals surface area contributed by atoms with Gasteiger partial charge in [-0.05, 0) is 72.0 Å². The maximum atomic E-state index is 13.4. The van der Waals surface area contributed by atoms with Crippen LogP contribution >= 0.6 is 0 Å². The molecule has 166 valence electrons. The lowest BCUT2D eigenvalue weighted by molar-refractivity contribution is 0.255. The Hall–Kier alpha value is -2.87. The SMILES string of the molecule is Cc1cc(NC(=O)N2c3nc(N4CC[C@H](N(C)C)C4)ccc3NCC[C@H]2C)cc(C)n1. The Balaban J connectivity index is 1.63. The minimum Gasteiger partial charge on any atom is -0.382 e. The lowest BCUT2D eigenvalue weighted by Gasteiger charge is -2.29. The third-order valence-corrected chi connectivity index (χ3v) is 6.18. The maximum Gasteiger partial charge on any atom is 0.327 e. The van der Waals surface area contributed by atoms with Crippen molar-refractivity contribution in [3.05, 3.63) is 35.7 Å². The summed E-state index contributed by atoms with van der Waals surface area (Å²) in [6.07, 6.45) is 1.96. The van der Waals surface area contributed by atoms with Crippen molar-refractivity contribution >= 4 is 29.0 Å². The fourth-order valence-electron chi connectivity index (χ4n) is 4.45. The predicted octanol–water partition coefficient (Wildman–Crippen LogP) is 3.48. The van der Waals surface area contributed by atoms with Crippen molar-refractivity contribution in [1.29, 1.82) is 0 Å². The van der Waals surface area contributed by atoms with Crippen LogP contribution in [0.3, 0.4) is 0 Å². The lowest BCUT2D eigenvalue weighted by atomic mass is 10.2. The van der Waals surface area contributed by atoms with Gasteiger partial charge in [0.2, 0.25) is 0 Å². The third-order valence-electron chi connectivity index (χ3n) is 6.18. The number of fused-ring (bicyclic) bond motifs is 1. The largest absolute Gasteiger partial charge is 0.382 e. The molecule has 2 atom stereocenters. The number of urea groups is 1. The maximum absolute atomic E-state index is 13.4. The average molecular weight is 424 g/mol. The lowest BCUT2D eigenvalue weighted by Crippen LogP contribution is -2.42. The van der Waals surface area contributed by atoms with E-state index in [0.29, 0.717) is 11.9 Å². The summed E-state index contributed by atoms with van der Waals surface area (Å²) in [7, 11) is 4.25. The molecule has 0 bridgehead atoms. The Kier molecular flexibility index (Phi) is 6.00. The number of pyridine rings is 2. The van der Waals surface area contributed by atoms with E-state index >= 15 is 0 Å². The second kappa shape index (κ2) is 8.70. The van der Waals surface area contributed by atoms with E-state index in [-0.39, 0.29) is 12.1 Å². The summed E-state index contributed by atoms with van der Waals surface area (Å²) in [5.41, 5.74) is 3.41. The monoisotopic (exact) mass is 423 g/mol. The molecule has 2 aliphatic rings. The van der Waals surface area contributed by atoms with E-state index in [2.05, 4.69) is 58.6 Å². The van der Waals surface area contributed by atoms with Crippen molar-refractivity contribution in [1.82, 2.24) is 14.9 Å². The van der Waals surface area contributed by atoms with Crippen LogP contribution in [-0.4, -0.2) is 66.7 Å². The zero-order chi connectivity index (χ0) is 22.1. The van der Waals surface area contributed by atoms with Gasteiger partial charge in [-0.3, -0.25) is 9.88 Å². The molecule has 2 N–H and O–H groups in total. The van der Waals surface area contributed by atoms with Crippen LogP contribution in [0, 0.1) is 13.8 Å². The van der Waals surface area contributed by atoms with E-state index < -0.39 is 0 Å². The molecule has 31 heavy (non-hydrogen) atoms. The normalized spacial score (nSPS) is 21.0. The Morgan fingerprint density at radius 3 is 2.58 bits per heavy atom. The van der Waals surface area contributed by atoms with E-state index in [4.69, 9.17) is 4.98 Å². The first-order valence-corrected chi connectivity index (χ1v) is 11.0. The summed E-state index contributed by atoms with van der Waals surface area (Å²) in [6.45, 7) is 8.66. The van der Waals surface area contributed by atoms with Crippen LogP contribution in [0.2, 0.25) is 0 Å². The highest BCUT2D eigenvalue weighted by molar-refractivity contribution is 6.03. The topological polar surface area (TPSA) is 76.6 Å². The molecule has 1 fully saturated rings. The van der Waals surface area contributed by atoms with Gasteiger partial charge >= 0.3 is 6.03 Å². The van der Waals surface area contributed by atoms with Crippen LogP contribution in [0.1, 0.15) is 31.2 Å². The van der Waals surface area contributed by atoms with Gasteiger partial charge in [0.1, 0.15) is 5.82 Å². The number of carbonyl (C=O) groups excluding carboxylic acids is 1. The fourth-order valence-corrected chi connectivity index (χ4v) is 4.45. The molecule has 2 aliphatic heterocycles. The van der Waals surface area contributed by atoms with Crippen LogP contribution in [0.15, 0.2) is 24.3 Å². The van der Waals surface area contributed by atoms with Gasteiger partial charge in [-0.15, -0.1) is 0 Å². The molecule has 4 heterocycles. The summed E-state index contributed by atoms with van der Waals surface area (Å²) in [5.74, 6) is 1.61. The van der Waals surface area contributed by atoms with E-state index in [9.17, 15) is 4.79 Å². The number of likely N-dealkylation sites (N-methyl/N-ethyl adjacent to an activating group) is 1. The Morgan fingerprint density at radius 1 is 1.16 bits per heavy atom. The van der Waals surface area contributed by atoms with Crippen LogP contribution < -0.4 is 20.4 Å². The van der Waals surface area contributed by atoms with Crippen molar-refractivity contribution in [3.63, 3.8) is 0 Å². The summed E-state index contributed by atoms with van der Waals surface area (Å²) >= 11 is 0. The standard InChI is InChI=1S/C23H33N7O/c1-15-12-18(13-16(2)25-15)26-23(31)30-17(3)8-10-24-20-6-7-21(27-22(20)30)29-11-9-19(14-29)28(4)5/h6-7,12-13,17,19,24H,8-11,14H2,1-5H3,(H,25,26,31)/t17-,19+/m1/s1. The quantitative estimate of drug-likeness (QED) is 0.787. The number of hydrogen-bond acceptors (Lipinski definition) is 6. The first kappa shape index (κ1) is 21.4. The van der Waals surface area contributed by atoms with Crippen molar-refractivity contribution in [3.8, 4) is 0 Å². The van der Waals surface area contributed by atoms with Gasteiger partial charge in [-0.25, -0.2) is 9.78 Å². The fraction of sp³-hybridized carbons (Fsp3) is 0.522. The minimum atomic E-state index is -0.167. The van der Waals surface area contributed by atoms with Gasteiger partial charge in [0.25, 0.3) is 0 Å². The zero-order valence-corrected chi connectivity index (χ0v) is 19.1. The van der Waals surface area contributed by atoms with Gasteiger partial charge in [-0.2, -0.15) is 0 Å². The highest BCUT2D eigenvalue weighted by atomic mass is 16.2. The molecule has 4 rings (SSSR count). The molecule has 2 amide bonds. The summed E-state index contributed by atoms with van der Waals surface area (Å²) in [5, 5.41) is 6.51. The highest BCUT2D eigenvalue weighted by Gasteiger charge is 2.31. The van der Waals surface area contributed by atoms with E-state index in [1.165, 1.54) is 0 Å². The molecule has 0 unspecified atom stereocenters. The molecule has 8 nitrogen and oxygen atoms in total. The van der Waals surface area contributed by atoms with E-state index in [1.54, 1.807) is 4.90 Å². The number of nitrogens with one attached hydrogen (secondary N) is 2. The number of aryl methyl sites for hydroxylation is 2. The van der Waals surface area contributed by atoms with Crippen molar-refractivity contribution < 1.29 is 4.79 Å². The zero-order valence-electron chi connectivity index (χ0n) is 19.1. The molecule has 0 saturated carbocycles. The van der Waals surface area contributed by atoms with Gasteiger partial charge in [0, 0.05) is 48.8 Å². The number of aromatic nitrogens is 2. The first-order chi connectivity index (χ1) is 14.8. The number of anilines is 4. The number of nitrogens with zero attached hydrogens (tertiary/aromatic N) is 5. The molecule has 2 aromatic heterocycles. The van der Waals surface area contributed by atoms with Gasteiger partial charge < -0.3 is 20.4 Å².